The molecule has 1 amide bonds. The molecular weight excluding hydrogens is 338 g/mol. The summed E-state index contributed by atoms with van der Waals surface area (Å²) in [6, 6.07) is 6.28. The topological polar surface area (TPSA) is 106 Å². The van der Waals surface area contributed by atoms with Crippen molar-refractivity contribution in [3.8, 4) is 0 Å². The van der Waals surface area contributed by atoms with Crippen LogP contribution in [-0.4, -0.2) is 25.1 Å². The molecule has 0 spiro atoms. The van der Waals surface area contributed by atoms with E-state index in [1.807, 2.05) is 6.92 Å². The Morgan fingerprint density at radius 3 is 2.57 bits per heavy atom. The van der Waals surface area contributed by atoms with E-state index in [1.54, 1.807) is 12.1 Å². The highest BCUT2D eigenvalue weighted by atomic mass is 35.5. The number of nitrogens with one attached hydrogen (secondary N) is 1. The summed E-state index contributed by atoms with van der Waals surface area (Å²) in [5.41, 5.74) is 6.50. The maximum atomic E-state index is 11.9. The van der Waals surface area contributed by atoms with Gasteiger partial charge in [-0.25, -0.2) is 8.42 Å². The Hall–Kier alpha value is -2.12. The van der Waals surface area contributed by atoms with Crippen LogP contribution in [0.15, 0.2) is 35.4 Å². The van der Waals surface area contributed by atoms with Gasteiger partial charge >= 0.3 is 0 Å². The zero-order valence-electron chi connectivity index (χ0n) is 12.6. The molecule has 0 saturated heterocycles. The molecule has 0 aliphatic rings. The molecule has 2 aromatic rings. The second-order valence-corrected chi connectivity index (χ2v) is 7.72. The van der Waals surface area contributed by atoms with E-state index < -0.39 is 15.7 Å². The van der Waals surface area contributed by atoms with Crippen LogP contribution in [0.3, 0.4) is 0 Å². The van der Waals surface area contributed by atoms with Crippen LogP contribution < -0.4 is 11.2 Å². The third-order valence-corrected chi connectivity index (χ3v) is 4.73. The molecule has 6 nitrogen and oxygen atoms in total. The normalized spacial score (nSPS) is 11.4. The SMILES string of the molecule is Cc1ccc(S(C)(=O)=O)c(Cn2cc(Cl)cc(C(N)=O)c2=N)c1. The average Bonchev–Trinajstić information content (AvgIpc) is 2.40. The van der Waals surface area contributed by atoms with Gasteiger partial charge in [-0.05, 0) is 24.6 Å². The first-order chi connectivity index (χ1) is 10.6. The van der Waals surface area contributed by atoms with Gasteiger partial charge in [0.05, 0.1) is 22.0 Å². The zero-order chi connectivity index (χ0) is 17.4. The minimum Gasteiger partial charge on any atom is -0.365 e. The van der Waals surface area contributed by atoms with E-state index in [0.29, 0.717) is 5.56 Å². The van der Waals surface area contributed by atoms with Crippen molar-refractivity contribution in [1.29, 1.82) is 5.41 Å². The fourth-order valence-electron chi connectivity index (χ4n) is 2.30. The van der Waals surface area contributed by atoms with Gasteiger partial charge in [0.1, 0.15) is 5.49 Å². The van der Waals surface area contributed by atoms with E-state index in [9.17, 15) is 13.2 Å². The van der Waals surface area contributed by atoms with Crippen LogP contribution in [0.4, 0.5) is 0 Å². The monoisotopic (exact) mass is 353 g/mol. The molecule has 0 fully saturated rings. The van der Waals surface area contributed by atoms with Crippen molar-refractivity contribution in [2.45, 2.75) is 18.4 Å². The maximum Gasteiger partial charge on any atom is 0.252 e. The van der Waals surface area contributed by atoms with E-state index in [-0.39, 0.29) is 27.5 Å². The van der Waals surface area contributed by atoms with Crippen molar-refractivity contribution in [2.75, 3.05) is 6.26 Å². The van der Waals surface area contributed by atoms with Gasteiger partial charge in [0.15, 0.2) is 9.84 Å². The van der Waals surface area contributed by atoms with Gasteiger partial charge in [-0.15, -0.1) is 0 Å². The van der Waals surface area contributed by atoms with Crippen molar-refractivity contribution < 1.29 is 13.2 Å². The van der Waals surface area contributed by atoms with E-state index in [4.69, 9.17) is 22.7 Å². The van der Waals surface area contributed by atoms with Crippen LogP contribution in [0, 0.1) is 12.3 Å². The highest BCUT2D eigenvalue weighted by molar-refractivity contribution is 7.90. The van der Waals surface area contributed by atoms with E-state index in [2.05, 4.69) is 0 Å². The first kappa shape index (κ1) is 17.2. The number of halogens is 1. The third-order valence-electron chi connectivity index (χ3n) is 3.33. The fraction of sp³-hybridized carbons (Fsp3) is 0.200. The van der Waals surface area contributed by atoms with E-state index in [1.165, 1.54) is 22.9 Å². The summed E-state index contributed by atoms with van der Waals surface area (Å²) >= 11 is 5.96. The molecule has 2 rings (SSSR count). The first-order valence-electron chi connectivity index (χ1n) is 6.63. The number of amides is 1. The summed E-state index contributed by atoms with van der Waals surface area (Å²) in [6.45, 7) is 1.93. The predicted molar refractivity (Wildman–Crippen MR) is 87.2 cm³/mol. The molecule has 3 N–H and O–H groups in total. The van der Waals surface area contributed by atoms with Crippen molar-refractivity contribution in [2.24, 2.45) is 5.73 Å². The number of aromatic nitrogens is 1. The summed E-state index contributed by atoms with van der Waals surface area (Å²) in [5.74, 6) is -0.765. The lowest BCUT2D eigenvalue weighted by Crippen LogP contribution is -2.30. The quantitative estimate of drug-likeness (QED) is 0.869. The fourth-order valence-corrected chi connectivity index (χ4v) is 3.44. The van der Waals surface area contributed by atoms with Gasteiger partial charge in [-0.3, -0.25) is 10.2 Å². The van der Waals surface area contributed by atoms with Gasteiger partial charge in [0.25, 0.3) is 5.91 Å². The molecule has 0 aliphatic carbocycles. The molecule has 0 saturated carbocycles. The molecule has 1 heterocycles. The van der Waals surface area contributed by atoms with Gasteiger partial charge in [-0.1, -0.05) is 29.3 Å². The largest absolute Gasteiger partial charge is 0.365 e. The Kier molecular flexibility index (Phi) is 4.63. The number of benzene rings is 1. The molecule has 1 aromatic carbocycles. The van der Waals surface area contributed by atoms with Crippen LogP contribution in [0.5, 0.6) is 0 Å². The molecule has 0 unspecified atom stereocenters. The molecule has 8 heteroatoms. The second-order valence-electron chi connectivity index (χ2n) is 5.30. The third kappa shape index (κ3) is 3.80. The number of nitrogens with two attached hydrogens (primary N) is 1. The maximum absolute atomic E-state index is 11.9. The smallest absolute Gasteiger partial charge is 0.252 e. The highest BCUT2D eigenvalue weighted by Crippen LogP contribution is 2.19. The van der Waals surface area contributed by atoms with Crippen molar-refractivity contribution in [1.82, 2.24) is 4.57 Å². The van der Waals surface area contributed by atoms with Gasteiger partial charge in [-0.2, -0.15) is 0 Å². The molecule has 122 valence electrons. The molecular formula is C15H16ClN3O3S. The van der Waals surface area contributed by atoms with Crippen molar-refractivity contribution in [3.63, 3.8) is 0 Å². The Balaban J connectivity index is 2.63. The lowest BCUT2D eigenvalue weighted by molar-refractivity contribution is 0.0997. The number of rotatable bonds is 4. The Morgan fingerprint density at radius 2 is 2.00 bits per heavy atom. The van der Waals surface area contributed by atoms with E-state index in [0.717, 1.165) is 11.8 Å². The molecule has 0 atom stereocenters. The minimum absolute atomic E-state index is 0.0222. The number of hydrogen-bond acceptors (Lipinski definition) is 4. The second kappa shape index (κ2) is 6.17. The molecule has 0 bridgehead atoms. The lowest BCUT2D eigenvalue weighted by atomic mass is 10.1. The van der Waals surface area contributed by atoms with E-state index >= 15 is 0 Å². The van der Waals surface area contributed by atoms with Gasteiger partial charge in [0, 0.05) is 12.5 Å². The number of carbonyl (C=O) groups is 1. The number of hydrogen-bond donors (Lipinski definition) is 2. The number of nitrogens with zero attached hydrogens (tertiary/aromatic N) is 1. The lowest BCUT2D eigenvalue weighted by Gasteiger charge is -2.13. The van der Waals surface area contributed by atoms with Crippen molar-refractivity contribution in [3.05, 3.63) is 57.7 Å². The summed E-state index contributed by atoms with van der Waals surface area (Å²) in [6.07, 6.45) is 2.59. The number of aryl methyl sites for hydroxylation is 1. The number of sulfone groups is 1. The number of primary amides is 1. The van der Waals surface area contributed by atoms with Crippen LogP contribution in [0.1, 0.15) is 21.5 Å². The van der Waals surface area contributed by atoms with Gasteiger partial charge in [0.2, 0.25) is 0 Å². The zero-order valence-corrected chi connectivity index (χ0v) is 14.2. The van der Waals surface area contributed by atoms with Crippen molar-refractivity contribution >= 4 is 27.3 Å². The summed E-state index contributed by atoms with van der Waals surface area (Å²) in [5, 5.41) is 8.30. The number of pyridine rings is 1. The Bertz CT molecular complexity index is 949. The van der Waals surface area contributed by atoms with Crippen LogP contribution in [0.2, 0.25) is 5.02 Å². The molecule has 23 heavy (non-hydrogen) atoms. The standard InChI is InChI=1S/C15H16ClN3O3S/c1-9-3-4-13(23(2,21)22)10(5-9)7-19-8-11(16)6-12(14(19)17)15(18)20/h3-6,8,17H,7H2,1-2H3,(H2,18,20). The Morgan fingerprint density at radius 1 is 1.35 bits per heavy atom. The summed E-state index contributed by atoms with van der Waals surface area (Å²) in [4.78, 5) is 11.6. The predicted octanol–water partition coefficient (Wildman–Crippen LogP) is 1.48. The molecule has 1 aromatic heterocycles. The first-order valence-corrected chi connectivity index (χ1v) is 8.90. The Labute approximate surface area is 138 Å². The van der Waals surface area contributed by atoms with Gasteiger partial charge < -0.3 is 10.3 Å². The van der Waals surface area contributed by atoms with Crippen LogP contribution >= 0.6 is 11.6 Å². The molecule has 0 aliphatic heterocycles. The molecule has 0 radical (unpaired) electrons. The highest BCUT2D eigenvalue weighted by Gasteiger charge is 2.15. The summed E-state index contributed by atoms with van der Waals surface area (Å²) in [7, 11) is -3.42. The van der Waals surface area contributed by atoms with Crippen LogP contribution in [0.25, 0.3) is 0 Å². The summed E-state index contributed by atoms with van der Waals surface area (Å²) < 4.78 is 25.2. The van der Waals surface area contributed by atoms with Crippen LogP contribution in [-0.2, 0) is 16.4 Å². The number of carbonyl (C=O) groups excluding carboxylic acids is 1. The minimum atomic E-state index is -3.42. The average molecular weight is 354 g/mol.